The van der Waals surface area contributed by atoms with Crippen molar-refractivity contribution in [3.63, 3.8) is 0 Å². The number of para-hydroxylation sites is 1. The first-order chi connectivity index (χ1) is 9.86. The molecule has 1 N–H and O–H groups in total. The van der Waals surface area contributed by atoms with Gasteiger partial charge in [-0.3, -0.25) is 4.98 Å². The number of nitrogens with zero attached hydrogens (tertiary/aromatic N) is 3. The molecule has 2 heterocycles. The average molecular weight is 266 g/mol. The number of benzene rings is 1. The van der Waals surface area contributed by atoms with Crippen molar-refractivity contribution in [3.8, 4) is 0 Å². The fourth-order valence-corrected chi connectivity index (χ4v) is 2.33. The number of imidazole rings is 1. The van der Waals surface area contributed by atoms with Crippen LogP contribution in [0.15, 0.2) is 49.1 Å². The molecule has 3 aromatic rings. The highest BCUT2D eigenvalue weighted by molar-refractivity contribution is 5.81. The van der Waals surface area contributed by atoms with Gasteiger partial charge in [-0.05, 0) is 24.2 Å². The lowest BCUT2D eigenvalue weighted by Gasteiger charge is -2.06. The van der Waals surface area contributed by atoms with Crippen molar-refractivity contribution >= 4 is 10.9 Å². The van der Waals surface area contributed by atoms with Crippen molar-refractivity contribution < 1.29 is 0 Å². The lowest BCUT2D eigenvalue weighted by molar-refractivity contribution is 0.712. The normalized spacial score (nSPS) is 11.1. The van der Waals surface area contributed by atoms with Crippen LogP contribution in [0.25, 0.3) is 10.9 Å². The quantitative estimate of drug-likeness (QED) is 0.772. The molecule has 3 rings (SSSR count). The Balaban J connectivity index is 1.84. The predicted octanol–water partition coefficient (Wildman–Crippen LogP) is 2.59. The van der Waals surface area contributed by atoms with Crippen LogP contribution < -0.4 is 5.32 Å². The average Bonchev–Trinajstić information content (AvgIpc) is 2.93. The van der Waals surface area contributed by atoms with E-state index in [0.717, 1.165) is 30.8 Å². The number of fused-ring (bicyclic) bond motifs is 1. The zero-order valence-corrected chi connectivity index (χ0v) is 11.6. The third kappa shape index (κ3) is 2.70. The Morgan fingerprint density at radius 3 is 2.95 bits per heavy atom. The van der Waals surface area contributed by atoms with E-state index in [0.29, 0.717) is 0 Å². The fourth-order valence-electron chi connectivity index (χ4n) is 2.33. The highest BCUT2D eigenvalue weighted by atomic mass is 15.0. The molecule has 102 valence electrons. The second-order valence-corrected chi connectivity index (χ2v) is 4.80. The third-order valence-corrected chi connectivity index (χ3v) is 3.34. The molecule has 4 nitrogen and oxygen atoms in total. The Bertz CT molecular complexity index is 697. The molecule has 4 heteroatoms. The smallest absolute Gasteiger partial charge is 0.0953 e. The molecule has 0 fully saturated rings. The van der Waals surface area contributed by atoms with Crippen LogP contribution in [0.4, 0.5) is 0 Å². The monoisotopic (exact) mass is 266 g/mol. The summed E-state index contributed by atoms with van der Waals surface area (Å²) in [4.78, 5) is 8.81. The summed E-state index contributed by atoms with van der Waals surface area (Å²) in [7, 11) is 0. The van der Waals surface area contributed by atoms with Gasteiger partial charge in [-0.2, -0.15) is 0 Å². The Morgan fingerprint density at radius 1 is 1.15 bits per heavy atom. The highest BCUT2D eigenvalue weighted by Gasteiger charge is 2.03. The Labute approximate surface area is 118 Å². The zero-order valence-electron chi connectivity index (χ0n) is 11.6. The van der Waals surface area contributed by atoms with E-state index in [1.54, 1.807) is 0 Å². The number of nitrogens with one attached hydrogen (secondary N) is 1. The van der Waals surface area contributed by atoms with Crippen LogP contribution in [0.1, 0.15) is 18.2 Å². The number of hydrogen-bond acceptors (Lipinski definition) is 3. The third-order valence-electron chi connectivity index (χ3n) is 3.34. The van der Waals surface area contributed by atoms with Gasteiger partial charge >= 0.3 is 0 Å². The molecule has 0 bridgehead atoms. The van der Waals surface area contributed by atoms with E-state index in [-0.39, 0.29) is 0 Å². The maximum Gasteiger partial charge on any atom is 0.0953 e. The number of rotatable bonds is 5. The van der Waals surface area contributed by atoms with Crippen molar-refractivity contribution in [2.45, 2.75) is 20.0 Å². The van der Waals surface area contributed by atoms with E-state index in [1.807, 2.05) is 24.7 Å². The van der Waals surface area contributed by atoms with Gasteiger partial charge in [0.2, 0.25) is 0 Å². The lowest BCUT2D eigenvalue weighted by Crippen LogP contribution is -2.11. The van der Waals surface area contributed by atoms with Crippen molar-refractivity contribution in [3.05, 3.63) is 60.3 Å². The standard InChI is InChI=1S/C16H18N4/c1-2-17-9-14-11-20(12-19-14)10-13-7-8-18-16-6-4-3-5-15(13)16/h3-8,11-12,17H,2,9-10H2,1H3. The largest absolute Gasteiger partial charge is 0.333 e. The van der Waals surface area contributed by atoms with Crippen LogP contribution in [-0.4, -0.2) is 21.1 Å². The minimum Gasteiger partial charge on any atom is -0.333 e. The van der Waals surface area contributed by atoms with Gasteiger partial charge in [0.25, 0.3) is 0 Å². The Hall–Kier alpha value is -2.20. The molecule has 0 aliphatic carbocycles. The van der Waals surface area contributed by atoms with Crippen LogP contribution in [0, 0.1) is 0 Å². The molecule has 0 saturated carbocycles. The van der Waals surface area contributed by atoms with Crippen LogP contribution in [0.3, 0.4) is 0 Å². The van der Waals surface area contributed by atoms with E-state index in [4.69, 9.17) is 0 Å². The second kappa shape index (κ2) is 5.84. The first kappa shape index (κ1) is 12.8. The van der Waals surface area contributed by atoms with Gasteiger partial charge in [-0.25, -0.2) is 4.98 Å². The highest BCUT2D eigenvalue weighted by Crippen LogP contribution is 2.17. The Kier molecular flexibility index (Phi) is 3.74. The Morgan fingerprint density at radius 2 is 2.05 bits per heavy atom. The predicted molar refractivity (Wildman–Crippen MR) is 80.5 cm³/mol. The molecule has 0 spiro atoms. The van der Waals surface area contributed by atoms with Gasteiger partial charge in [-0.15, -0.1) is 0 Å². The van der Waals surface area contributed by atoms with Crippen LogP contribution >= 0.6 is 0 Å². The molecule has 0 unspecified atom stereocenters. The lowest BCUT2D eigenvalue weighted by atomic mass is 10.1. The molecular formula is C16H18N4. The van der Waals surface area contributed by atoms with Crippen LogP contribution in [-0.2, 0) is 13.1 Å². The van der Waals surface area contributed by atoms with Gasteiger partial charge in [-0.1, -0.05) is 25.1 Å². The summed E-state index contributed by atoms with van der Waals surface area (Å²) in [5.74, 6) is 0. The summed E-state index contributed by atoms with van der Waals surface area (Å²) >= 11 is 0. The summed E-state index contributed by atoms with van der Waals surface area (Å²) in [6, 6.07) is 10.3. The minimum absolute atomic E-state index is 0.820. The molecule has 0 amide bonds. The maximum absolute atomic E-state index is 4.41. The van der Waals surface area contributed by atoms with E-state index in [9.17, 15) is 0 Å². The first-order valence-corrected chi connectivity index (χ1v) is 6.91. The van der Waals surface area contributed by atoms with Gasteiger partial charge in [0, 0.05) is 30.9 Å². The number of hydrogen-bond donors (Lipinski definition) is 1. The molecule has 0 atom stereocenters. The molecule has 1 aromatic carbocycles. The van der Waals surface area contributed by atoms with Crippen LogP contribution in [0.2, 0.25) is 0 Å². The van der Waals surface area contributed by atoms with E-state index >= 15 is 0 Å². The SMILES string of the molecule is CCNCc1cn(Cc2ccnc3ccccc23)cn1. The molecule has 0 saturated heterocycles. The maximum atomic E-state index is 4.41. The van der Waals surface area contributed by atoms with E-state index in [2.05, 4.69) is 51.2 Å². The molecule has 0 aliphatic heterocycles. The van der Waals surface area contributed by atoms with Crippen molar-refractivity contribution in [2.75, 3.05) is 6.54 Å². The topological polar surface area (TPSA) is 42.7 Å². The van der Waals surface area contributed by atoms with Gasteiger partial charge in [0.1, 0.15) is 0 Å². The summed E-state index contributed by atoms with van der Waals surface area (Å²) in [5, 5.41) is 4.49. The first-order valence-electron chi connectivity index (χ1n) is 6.91. The molecule has 0 aliphatic rings. The van der Waals surface area contributed by atoms with E-state index in [1.165, 1.54) is 10.9 Å². The number of aromatic nitrogens is 3. The molecule has 2 aromatic heterocycles. The second-order valence-electron chi connectivity index (χ2n) is 4.80. The van der Waals surface area contributed by atoms with Gasteiger partial charge < -0.3 is 9.88 Å². The molecule has 0 radical (unpaired) electrons. The van der Waals surface area contributed by atoms with Crippen LogP contribution in [0.5, 0.6) is 0 Å². The van der Waals surface area contributed by atoms with Crippen molar-refractivity contribution in [1.82, 2.24) is 19.9 Å². The summed E-state index contributed by atoms with van der Waals surface area (Å²) in [6.45, 7) is 4.70. The van der Waals surface area contributed by atoms with Crippen molar-refractivity contribution in [1.29, 1.82) is 0 Å². The van der Waals surface area contributed by atoms with E-state index < -0.39 is 0 Å². The summed E-state index contributed by atoms with van der Waals surface area (Å²) in [5.41, 5.74) is 3.38. The fraction of sp³-hybridized carbons (Fsp3) is 0.250. The summed E-state index contributed by atoms with van der Waals surface area (Å²) < 4.78 is 2.12. The number of pyridine rings is 1. The van der Waals surface area contributed by atoms with Gasteiger partial charge in [0.05, 0.1) is 17.5 Å². The summed E-state index contributed by atoms with van der Waals surface area (Å²) in [6.07, 6.45) is 5.86. The van der Waals surface area contributed by atoms with Crippen molar-refractivity contribution in [2.24, 2.45) is 0 Å². The molecule has 20 heavy (non-hydrogen) atoms. The minimum atomic E-state index is 0.820. The van der Waals surface area contributed by atoms with Gasteiger partial charge in [0.15, 0.2) is 0 Å². The zero-order chi connectivity index (χ0) is 13.8. The molecular weight excluding hydrogens is 248 g/mol.